The van der Waals surface area contributed by atoms with Gasteiger partial charge in [-0.15, -0.1) is 17.7 Å². The maximum atomic E-state index is 9.51. The van der Waals surface area contributed by atoms with Crippen molar-refractivity contribution in [2.45, 2.75) is 66.1 Å². The van der Waals surface area contributed by atoms with E-state index in [0.717, 1.165) is 22.0 Å². The maximum Gasteiger partial charge on any atom is 2.00 e. The fourth-order valence-corrected chi connectivity index (χ4v) is 7.56. The molecule has 0 N–H and O–H groups in total. The molecule has 6 aromatic carbocycles. The Balaban J connectivity index is 0.00000792. The smallest absolute Gasteiger partial charge is 0.507 e. The summed E-state index contributed by atoms with van der Waals surface area (Å²) in [7, 11) is 0. The van der Waals surface area contributed by atoms with Crippen LogP contribution in [0.15, 0.2) is 152 Å². The van der Waals surface area contributed by atoms with Crippen molar-refractivity contribution >= 4 is 50.7 Å². The Bertz CT molecular complexity index is 4060. The van der Waals surface area contributed by atoms with Gasteiger partial charge in [0.2, 0.25) is 5.69 Å². The van der Waals surface area contributed by atoms with Crippen molar-refractivity contribution < 1.29 is 49.1 Å². The summed E-state index contributed by atoms with van der Waals surface area (Å²) in [5.41, 5.74) is -0.833. The van der Waals surface area contributed by atoms with Gasteiger partial charge in [-0.25, -0.2) is 4.98 Å². The summed E-state index contributed by atoms with van der Waals surface area (Å²) < 4.78 is 161. The summed E-state index contributed by atoms with van der Waals surface area (Å²) in [6.07, 6.45) is 3.33. The SMILES string of the molecule is [2H]c1c([2H])c(-c2c([2H])c([2H])c(C([2H])([2H])[2H])c([2H])c2[2H])c([N+]2=C=[N+](c3[c-]c(Oc4[c-]c5c(nc4)c4ccccc4n5-c4cc(C(C)(C)C)ccn4)cc(C(C)(C)C)c3)c3ccccc32)c(-c2c([2H])c([2H])c(C([2H])([2H])[2H])c([2H])c2[2H])c1[2H].[Pt+2]. The molecule has 0 spiro atoms. The molecule has 1 aliphatic heterocycles. The summed E-state index contributed by atoms with van der Waals surface area (Å²) >= 11 is 0. The summed E-state index contributed by atoms with van der Waals surface area (Å²) in [4.78, 5) is 9.66. The third-order valence-electron chi connectivity index (χ3n) is 10.8. The van der Waals surface area contributed by atoms with Crippen molar-refractivity contribution in [3.05, 3.63) is 186 Å². The van der Waals surface area contributed by atoms with Crippen LogP contribution in [-0.4, -0.2) is 20.5 Å². The number of rotatable bonds is 7. The fourth-order valence-electron chi connectivity index (χ4n) is 7.56. The third-order valence-corrected chi connectivity index (χ3v) is 10.8. The molecule has 9 aromatic rings. The maximum absolute atomic E-state index is 9.51. The summed E-state index contributed by atoms with van der Waals surface area (Å²) in [5.74, 6) is 1.08. The number of aromatic nitrogens is 3. The Morgan fingerprint density at radius 1 is 0.672 bits per heavy atom. The molecule has 0 saturated heterocycles. The average molecular weight is 1030 g/mol. The average Bonchev–Trinajstić information content (AvgIpc) is 3.97. The van der Waals surface area contributed by atoms with Crippen molar-refractivity contribution in [2.75, 3.05) is 0 Å². The minimum Gasteiger partial charge on any atom is -0.507 e. The molecular weight excluding hydrogens is 966 g/mol. The van der Waals surface area contributed by atoms with Crippen LogP contribution >= 0.6 is 0 Å². The summed E-state index contributed by atoms with van der Waals surface area (Å²) in [6.45, 7) is 6.05. The van der Waals surface area contributed by atoms with E-state index in [-0.39, 0.29) is 43.7 Å². The first-order valence-corrected chi connectivity index (χ1v) is 20.2. The van der Waals surface area contributed by atoms with Crippen LogP contribution in [0.3, 0.4) is 0 Å². The molecule has 7 heteroatoms. The topological polar surface area (TPSA) is 46.0 Å². The molecule has 0 unspecified atom stereocenters. The van der Waals surface area contributed by atoms with Crippen LogP contribution in [0, 0.1) is 25.8 Å². The van der Waals surface area contributed by atoms with E-state index in [1.165, 1.54) is 4.58 Å². The van der Waals surface area contributed by atoms with E-state index in [1.807, 2.05) is 73.9 Å². The van der Waals surface area contributed by atoms with Gasteiger partial charge < -0.3 is 14.3 Å². The Hall–Kier alpha value is -6.71. The largest absolute Gasteiger partial charge is 2.00 e. The van der Waals surface area contributed by atoms with Crippen LogP contribution in [0.1, 0.15) is 87.1 Å². The molecule has 3 aromatic heterocycles. The second-order valence-electron chi connectivity index (χ2n) is 17.2. The van der Waals surface area contributed by atoms with Gasteiger partial charge in [-0.05, 0) is 98.7 Å². The predicted molar refractivity (Wildman–Crippen MR) is 259 cm³/mol. The molecule has 64 heavy (non-hydrogen) atoms. The zero-order valence-electron chi connectivity index (χ0n) is 52.5. The Labute approximate surface area is 414 Å². The van der Waals surface area contributed by atoms with E-state index in [9.17, 15) is 9.60 Å². The van der Waals surface area contributed by atoms with Gasteiger partial charge in [0.25, 0.3) is 11.4 Å². The van der Waals surface area contributed by atoms with Gasteiger partial charge in [-0.1, -0.05) is 154 Å². The van der Waals surface area contributed by atoms with Crippen LogP contribution < -0.4 is 13.9 Å². The summed E-state index contributed by atoms with van der Waals surface area (Å²) in [5, 5.41) is 0.871. The standard InChI is InChI=1S/C57H49N5O.Pt/c1-37-20-24-39(25-21-37)46-15-13-16-47(40-26-22-38(2)23-27-40)55(46)61-36-60(50-18-11-12-19-51(50)61)43-30-42(57(6,7)8)31-44(33-43)63-45-34-52-54(59-35-45)48-14-9-10-17-49(48)62(52)53-32-41(28-29-58-53)56(3,4)5;/h9-32,35H,1-8H3;/q;+2/i1D3,2D3,13D,15D,16D,20D,21D,22D,23D,24D,25D,26D,27D;. The van der Waals surface area contributed by atoms with Gasteiger partial charge in [0.15, 0.2) is 0 Å². The molecule has 0 aliphatic carbocycles. The van der Waals surface area contributed by atoms with Crippen LogP contribution in [0.5, 0.6) is 11.5 Å². The number of ether oxygens (including phenoxy) is 1. The Morgan fingerprint density at radius 2 is 1.30 bits per heavy atom. The van der Waals surface area contributed by atoms with Gasteiger partial charge in [0.05, 0.1) is 26.2 Å². The Kier molecular flexibility index (Phi) is 6.89. The molecule has 1 aliphatic rings. The number of hydrogen-bond donors (Lipinski definition) is 0. The number of hydrogen-bond acceptors (Lipinski definition) is 3. The second-order valence-corrected chi connectivity index (χ2v) is 17.2. The molecule has 0 fully saturated rings. The zero-order chi connectivity index (χ0) is 58.2. The number of pyridine rings is 2. The molecule has 6 nitrogen and oxygen atoms in total. The zero-order valence-corrected chi connectivity index (χ0v) is 37.8. The summed E-state index contributed by atoms with van der Waals surface area (Å²) in [6, 6.07) is 21.8. The van der Waals surface area contributed by atoms with Crippen molar-refractivity contribution in [3.63, 3.8) is 0 Å². The molecule has 0 atom stereocenters. The van der Waals surface area contributed by atoms with Crippen molar-refractivity contribution in [1.29, 1.82) is 0 Å². The van der Waals surface area contributed by atoms with Crippen LogP contribution in [0.2, 0.25) is 0 Å². The molecule has 4 heterocycles. The number of fused-ring (bicyclic) bond motifs is 4. The van der Waals surface area contributed by atoms with E-state index in [2.05, 4.69) is 38.9 Å². The van der Waals surface area contributed by atoms with Crippen molar-refractivity contribution in [1.82, 2.24) is 23.7 Å². The minimum absolute atomic E-state index is 0. The Morgan fingerprint density at radius 3 is 1.94 bits per heavy atom. The molecule has 0 saturated carbocycles. The first kappa shape index (κ1) is 26.8. The van der Waals surface area contributed by atoms with Gasteiger partial charge in [-0.2, -0.15) is 0 Å². The number of benzene rings is 6. The molecular formula is C57H49N5OPt+2. The molecule has 316 valence electrons. The van der Waals surface area contributed by atoms with Gasteiger partial charge >= 0.3 is 27.1 Å². The van der Waals surface area contributed by atoms with Crippen molar-refractivity contribution in [2.24, 2.45) is 0 Å². The fraction of sp³-hybridized carbons (Fsp3) is 0.175. The van der Waals surface area contributed by atoms with Crippen LogP contribution in [0.4, 0.5) is 22.7 Å². The van der Waals surface area contributed by atoms with E-state index in [0.29, 0.717) is 28.2 Å². The van der Waals surface area contributed by atoms with E-state index < -0.39 is 125 Å². The quantitative estimate of drug-likeness (QED) is 0.118. The number of para-hydroxylation sites is 4. The van der Waals surface area contributed by atoms with Gasteiger partial charge in [-0.3, -0.25) is 0 Å². The molecule has 0 bridgehead atoms. The molecule has 0 radical (unpaired) electrons. The van der Waals surface area contributed by atoms with E-state index in [1.54, 1.807) is 41.2 Å². The second kappa shape index (κ2) is 16.4. The minimum atomic E-state index is -3.14. The third kappa shape index (κ3) is 7.83. The first-order valence-electron chi connectivity index (χ1n) is 28.7. The first-order chi connectivity index (χ1) is 37.3. The predicted octanol–water partition coefficient (Wildman–Crippen LogP) is 14.4. The normalized spacial score (nSPS) is 16.7. The number of nitrogens with zero attached hydrogens (tertiary/aromatic N) is 5. The molecule has 0 amide bonds. The van der Waals surface area contributed by atoms with Gasteiger partial charge in [0.1, 0.15) is 11.5 Å². The molecule has 10 rings (SSSR count). The van der Waals surface area contributed by atoms with Crippen LogP contribution in [-0.2, 0) is 31.9 Å². The monoisotopic (exact) mass is 1030 g/mol. The van der Waals surface area contributed by atoms with E-state index in [4.69, 9.17) is 28.4 Å². The van der Waals surface area contributed by atoms with Crippen LogP contribution in [0.25, 0.3) is 50.0 Å². The van der Waals surface area contributed by atoms with Crippen molar-refractivity contribution in [3.8, 4) is 39.6 Å². The van der Waals surface area contributed by atoms with Gasteiger partial charge in [0, 0.05) is 43.6 Å². The van der Waals surface area contributed by atoms with E-state index >= 15 is 0 Å².